The van der Waals surface area contributed by atoms with Crippen molar-refractivity contribution in [3.05, 3.63) is 55.5 Å². The van der Waals surface area contributed by atoms with Crippen LogP contribution in [0.2, 0.25) is 0 Å². The Balaban J connectivity index is 2.06. The normalized spacial score (nSPS) is 10.3. The molecule has 0 bridgehead atoms. The first kappa shape index (κ1) is 14.1. The molecule has 0 spiro atoms. The maximum Gasteiger partial charge on any atom is 0.272 e. The lowest BCUT2D eigenvalue weighted by molar-refractivity contribution is -0.385. The van der Waals surface area contributed by atoms with E-state index >= 15 is 0 Å². The summed E-state index contributed by atoms with van der Waals surface area (Å²) in [7, 11) is 0. The molecule has 0 aliphatic heterocycles. The van der Waals surface area contributed by atoms with E-state index in [1.807, 2.05) is 12.3 Å². The van der Waals surface area contributed by atoms with Crippen LogP contribution in [0.15, 0.2) is 23.6 Å². The Morgan fingerprint density at radius 2 is 2.20 bits per heavy atom. The number of hydrogen-bond donors (Lipinski definition) is 1. The topological polar surface area (TPSA) is 85.1 Å². The van der Waals surface area contributed by atoms with E-state index in [4.69, 9.17) is 0 Å². The molecule has 1 aromatic carbocycles. The van der Waals surface area contributed by atoms with E-state index in [2.05, 4.69) is 10.3 Å². The van der Waals surface area contributed by atoms with Gasteiger partial charge < -0.3 is 5.32 Å². The number of nitro benzene ring substituents is 1. The molecule has 0 fully saturated rings. The van der Waals surface area contributed by atoms with Gasteiger partial charge in [-0.3, -0.25) is 14.9 Å². The molecule has 1 heterocycles. The van der Waals surface area contributed by atoms with Crippen LogP contribution in [-0.2, 0) is 6.54 Å². The number of nitro groups is 1. The predicted molar refractivity (Wildman–Crippen MR) is 75.9 cm³/mol. The van der Waals surface area contributed by atoms with Crippen LogP contribution >= 0.6 is 11.3 Å². The number of aromatic nitrogens is 1. The van der Waals surface area contributed by atoms with Crippen LogP contribution in [-0.4, -0.2) is 15.8 Å². The van der Waals surface area contributed by atoms with Crippen molar-refractivity contribution in [3.8, 4) is 0 Å². The van der Waals surface area contributed by atoms with E-state index in [1.165, 1.54) is 29.5 Å². The van der Waals surface area contributed by atoms with Gasteiger partial charge in [-0.25, -0.2) is 4.98 Å². The molecule has 0 saturated carbocycles. The smallest absolute Gasteiger partial charge is 0.272 e. The summed E-state index contributed by atoms with van der Waals surface area (Å²) >= 11 is 1.48. The fourth-order valence-electron chi connectivity index (χ4n) is 1.74. The van der Waals surface area contributed by atoms with Crippen LogP contribution in [0.5, 0.6) is 0 Å². The molecule has 6 nitrogen and oxygen atoms in total. The fourth-order valence-corrected chi connectivity index (χ4v) is 2.45. The van der Waals surface area contributed by atoms with Crippen molar-refractivity contribution in [3.63, 3.8) is 0 Å². The monoisotopic (exact) mass is 291 g/mol. The second-order valence-corrected chi connectivity index (χ2v) is 5.27. The Bertz CT molecular complexity index is 667. The minimum atomic E-state index is -0.463. The summed E-state index contributed by atoms with van der Waals surface area (Å²) in [5, 5.41) is 16.2. The van der Waals surface area contributed by atoms with Gasteiger partial charge >= 0.3 is 0 Å². The SMILES string of the molecule is Cc1csc(CNC(=O)c2ccc([N+](=O)[O-])c(C)c2)n1. The van der Waals surface area contributed by atoms with E-state index in [1.54, 1.807) is 6.92 Å². The maximum absolute atomic E-state index is 12.0. The van der Waals surface area contributed by atoms with Gasteiger partial charge in [0.15, 0.2) is 0 Å². The summed E-state index contributed by atoms with van der Waals surface area (Å²) in [5.74, 6) is -0.268. The average molecular weight is 291 g/mol. The van der Waals surface area contributed by atoms with Crippen molar-refractivity contribution in [2.75, 3.05) is 0 Å². The molecule has 1 aromatic heterocycles. The molecule has 0 unspecified atom stereocenters. The third kappa shape index (κ3) is 3.18. The molecular formula is C13H13N3O3S. The van der Waals surface area contributed by atoms with E-state index in [0.29, 0.717) is 17.7 Å². The van der Waals surface area contributed by atoms with Crippen molar-refractivity contribution < 1.29 is 9.72 Å². The van der Waals surface area contributed by atoms with Gasteiger partial charge in [0.05, 0.1) is 11.5 Å². The third-order valence-electron chi connectivity index (χ3n) is 2.72. The first-order chi connectivity index (χ1) is 9.47. The Labute approximate surface area is 119 Å². The molecule has 2 aromatic rings. The molecule has 0 aliphatic rings. The number of thiazole rings is 1. The molecule has 0 saturated heterocycles. The van der Waals surface area contributed by atoms with Crippen molar-refractivity contribution in [2.45, 2.75) is 20.4 Å². The highest BCUT2D eigenvalue weighted by Gasteiger charge is 2.13. The quantitative estimate of drug-likeness (QED) is 0.693. The summed E-state index contributed by atoms with van der Waals surface area (Å²) < 4.78 is 0. The van der Waals surface area contributed by atoms with E-state index < -0.39 is 4.92 Å². The zero-order valence-electron chi connectivity index (χ0n) is 11.0. The molecule has 0 aliphatic carbocycles. The molecule has 2 rings (SSSR count). The van der Waals surface area contributed by atoms with Crippen LogP contribution in [0.1, 0.15) is 26.6 Å². The minimum Gasteiger partial charge on any atom is -0.346 e. The van der Waals surface area contributed by atoms with Crippen LogP contribution in [0.25, 0.3) is 0 Å². The van der Waals surface area contributed by atoms with E-state index in [9.17, 15) is 14.9 Å². The molecular weight excluding hydrogens is 278 g/mol. The molecule has 104 valence electrons. The number of carbonyl (C=O) groups excluding carboxylic acids is 1. The standard InChI is InChI=1S/C13H13N3O3S/c1-8-5-10(3-4-11(8)16(18)19)13(17)14-6-12-15-9(2)7-20-12/h3-5,7H,6H2,1-2H3,(H,14,17). The lowest BCUT2D eigenvalue weighted by Crippen LogP contribution is -2.22. The lowest BCUT2D eigenvalue weighted by atomic mass is 10.1. The number of aryl methyl sites for hydroxylation is 2. The number of nitrogens with one attached hydrogen (secondary N) is 1. The van der Waals surface area contributed by atoms with E-state index in [0.717, 1.165) is 10.7 Å². The highest BCUT2D eigenvalue weighted by Crippen LogP contribution is 2.18. The van der Waals surface area contributed by atoms with Crippen LogP contribution < -0.4 is 5.32 Å². The number of benzene rings is 1. The first-order valence-electron chi connectivity index (χ1n) is 5.91. The molecule has 7 heteroatoms. The summed E-state index contributed by atoms with van der Waals surface area (Å²) in [6.45, 7) is 3.86. The number of amides is 1. The summed E-state index contributed by atoms with van der Waals surface area (Å²) in [6.07, 6.45) is 0. The fraction of sp³-hybridized carbons (Fsp3) is 0.231. The zero-order valence-corrected chi connectivity index (χ0v) is 11.9. The Morgan fingerprint density at radius 1 is 1.45 bits per heavy atom. The van der Waals surface area contributed by atoms with Crippen molar-refractivity contribution in [1.82, 2.24) is 10.3 Å². The van der Waals surface area contributed by atoms with Crippen LogP contribution in [0, 0.1) is 24.0 Å². The Kier molecular flexibility index (Phi) is 4.09. The maximum atomic E-state index is 12.0. The number of carbonyl (C=O) groups is 1. The molecule has 1 amide bonds. The Morgan fingerprint density at radius 3 is 2.75 bits per heavy atom. The summed E-state index contributed by atoms with van der Waals surface area (Å²) in [6, 6.07) is 4.31. The third-order valence-corrected chi connectivity index (χ3v) is 3.69. The molecule has 1 N–H and O–H groups in total. The van der Waals surface area contributed by atoms with Gasteiger partial charge in [-0.05, 0) is 26.0 Å². The molecule has 20 heavy (non-hydrogen) atoms. The van der Waals surface area contributed by atoms with Crippen molar-refractivity contribution in [2.24, 2.45) is 0 Å². The minimum absolute atomic E-state index is 0.0112. The average Bonchev–Trinajstić information content (AvgIpc) is 2.81. The highest BCUT2D eigenvalue weighted by molar-refractivity contribution is 7.09. The first-order valence-corrected chi connectivity index (χ1v) is 6.79. The van der Waals surface area contributed by atoms with Crippen molar-refractivity contribution >= 4 is 22.9 Å². The second kappa shape index (κ2) is 5.79. The van der Waals surface area contributed by atoms with Gasteiger partial charge in [0.2, 0.25) is 0 Å². The van der Waals surface area contributed by atoms with Gasteiger partial charge in [0, 0.05) is 28.3 Å². The van der Waals surface area contributed by atoms with E-state index in [-0.39, 0.29) is 11.6 Å². The van der Waals surface area contributed by atoms with Gasteiger partial charge in [0.1, 0.15) is 5.01 Å². The summed E-state index contributed by atoms with van der Waals surface area (Å²) in [5.41, 5.74) is 1.80. The number of nitrogens with zero attached hydrogens (tertiary/aromatic N) is 2. The predicted octanol–water partition coefficient (Wildman–Crippen LogP) is 2.60. The lowest BCUT2D eigenvalue weighted by Gasteiger charge is -2.04. The Hall–Kier alpha value is -2.28. The van der Waals surface area contributed by atoms with Crippen LogP contribution in [0.3, 0.4) is 0 Å². The number of hydrogen-bond acceptors (Lipinski definition) is 5. The second-order valence-electron chi connectivity index (χ2n) is 4.32. The summed E-state index contributed by atoms with van der Waals surface area (Å²) in [4.78, 5) is 26.5. The van der Waals surface area contributed by atoms with Crippen LogP contribution in [0.4, 0.5) is 5.69 Å². The van der Waals surface area contributed by atoms with Gasteiger partial charge in [0.25, 0.3) is 11.6 Å². The zero-order chi connectivity index (χ0) is 14.7. The van der Waals surface area contributed by atoms with Gasteiger partial charge in [-0.1, -0.05) is 0 Å². The van der Waals surface area contributed by atoms with Gasteiger partial charge in [-0.2, -0.15) is 0 Å². The van der Waals surface area contributed by atoms with Gasteiger partial charge in [-0.15, -0.1) is 11.3 Å². The highest BCUT2D eigenvalue weighted by atomic mass is 32.1. The molecule has 0 atom stereocenters. The number of rotatable bonds is 4. The largest absolute Gasteiger partial charge is 0.346 e. The molecule has 0 radical (unpaired) electrons. The van der Waals surface area contributed by atoms with Crippen molar-refractivity contribution in [1.29, 1.82) is 0 Å².